The highest BCUT2D eigenvalue weighted by Crippen LogP contribution is 2.26. The van der Waals surface area contributed by atoms with E-state index in [9.17, 15) is 0 Å². The monoisotopic (exact) mass is 286 g/mol. The molecule has 1 N–H and O–H groups in total. The second-order valence-corrected chi connectivity index (χ2v) is 6.43. The molecule has 0 spiro atoms. The maximum atomic E-state index is 5.56. The Morgan fingerprint density at radius 3 is 2.95 bits per heavy atom. The molecule has 21 heavy (non-hydrogen) atoms. The third-order valence-electron chi connectivity index (χ3n) is 4.43. The number of hydrogen-bond acceptors (Lipinski definition) is 3. The molecule has 0 saturated carbocycles. The SMILES string of the molecule is C=C(C)CN1CCC(NCc2ccc3c(c2)CCO3)CC1. The Bertz CT molecular complexity index is 504. The standard InChI is InChI=1S/C18H26N2O/c1-14(2)13-20-8-5-17(6-9-20)19-12-15-3-4-18-16(11-15)7-10-21-18/h3-4,11,17,19H,1,5-10,12-13H2,2H3. The van der Waals surface area contributed by atoms with Gasteiger partial charge < -0.3 is 10.1 Å². The minimum atomic E-state index is 0.649. The first-order chi connectivity index (χ1) is 10.2. The predicted molar refractivity (Wildman–Crippen MR) is 86.8 cm³/mol. The number of nitrogens with one attached hydrogen (secondary N) is 1. The molecule has 2 aliphatic heterocycles. The Morgan fingerprint density at radius 1 is 1.38 bits per heavy atom. The first-order valence-corrected chi connectivity index (χ1v) is 8.05. The first kappa shape index (κ1) is 14.6. The third kappa shape index (κ3) is 3.86. The van der Waals surface area contributed by atoms with Crippen LogP contribution in [0.2, 0.25) is 0 Å². The summed E-state index contributed by atoms with van der Waals surface area (Å²) in [5.41, 5.74) is 4.01. The van der Waals surface area contributed by atoms with Crippen molar-refractivity contribution in [1.29, 1.82) is 0 Å². The normalized spacial score (nSPS) is 19.3. The highest BCUT2D eigenvalue weighted by molar-refractivity contribution is 5.39. The largest absolute Gasteiger partial charge is 0.493 e. The van der Waals surface area contributed by atoms with E-state index in [1.54, 1.807) is 0 Å². The molecule has 0 atom stereocenters. The minimum absolute atomic E-state index is 0.649. The van der Waals surface area contributed by atoms with Crippen LogP contribution >= 0.6 is 0 Å². The first-order valence-electron chi connectivity index (χ1n) is 8.05. The number of hydrogen-bond donors (Lipinski definition) is 1. The Hall–Kier alpha value is -1.32. The molecular weight excluding hydrogens is 260 g/mol. The van der Waals surface area contributed by atoms with Gasteiger partial charge in [0.1, 0.15) is 5.75 Å². The second kappa shape index (κ2) is 6.63. The van der Waals surface area contributed by atoms with Gasteiger partial charge in [-0.1, -0.05) is 24.3 Å². The van der Waals surface area contributed by atoms with Gasteiger partial charge >= 0.3 is 0 Å². The molecule has 3 heteroatoms. The van der Waals surface area contributed by atoms with Crippen molar-refractivity contribution in [2.75, 3.05) is 26.2 Å². The van der Waals surface area contributed by atoms with Crippen molar-refractivity contribution < 1.29 is 4.74 Å². The summed E-state index contributed by atoms with van der Waals surface area (Å²) in [6.07, 6.45) is 3.53. The van der Waals surface area contributed by atoms with Gasteiger partial charge in [-0.05, 0) is 50.0 Å². The van der Waals surface area contributed by atoms with Gasteiger partial charge in [-0.15, -0.1) is 0 Å². The Morgan fingerprint density at radius 2 is 2.19 bits per heavy atom. The molecule has 0 unspecified atom stereocenters. The summed E-state index contributed by atoms with van der Waals surface area (Å²) in [5, 5.41) is 3.71. The number of nitrogens with zero attached hydrogens (tertiary/aromatic N) is 1. The van der Waals surface area contributed by atoms with Gasteiger partial charge in [-0.3, -0.25) is 4.90 Å². The van der Waals surface area contributed by atoms with Gasteiger partial charge in [0.05, 0.1) is 6.61 Å². The van der Waals surface area contributed by atoms with Crippen LogP contribution in [-0.4, -0.2) is 37.2 Å². The van der Waals surface area contributed by atoms with E-state index in [0.29, 0.717) is 6.04 Å². The number of piperidine rings is 1. The molecule has 2 heterocycles. The molecule has 1 saturated heterocycles. The molecule has 114 valence electrons. The number of ether oxygens (including phenoxy) is 1. The third-order valence-corrected chi connectivity index (χ3v) is 4.43. The summed E-state index contributed by atoms with van der Waals surface area (Å²) >= 11 is 0. The van der Waals surface area contributed by atoms with E-state index in [0.717, 1.165) is 31.9 Å². The molecule has 0 radical (unpaired) electrons. The van der Waals surface area contributed by atoms with Gasteiger partial charge in [0, 0.05) is 25.6 Å². The number of likely N-dealkylation sites (tertiary alicyclic amines) is 1. The van der Waals surface area contributed by atoms with Crippen LogP contribution in [0.25, 0.3) is 0 Å². The lowest BCUT2D eigenvalue weighted by Crippen LogP contribution is -2.42. The van der Waals surface area contributed by atoms with E-state index in [-0.39, 0.29) is 0 Å². The van der Waals surface area contributed by atoms with E-state index in [1.807, 2.05) is 0 Å². The van der Waals surface area contributed by atoms with Gasteiger partial charge in [-0.25, -0.2) is 0 Å². The zero-order valence-electron chi connectivity index (χ0n) is 13.0. The van der Waals surface area contributed by atoms with Crippen molar-refractivity contribution in [3.8, 4) is 5.75 Å². The predicted octanol–water partition coefficient (Wildman–Crippen LogP) is 2.75. The molecule has 2 aliphatic rings. The van der Waals surface area contributed by atoms with E-state index >= 15 is 0 Å². The van der Waals surface area contributed by atoms with Crippen LogP contribution in [0.1, 0.15) is 30.9 Å². The summed E-state index contributed by atoms with van der Waals surface area (Å²) in [6.45, 7) is 11.3. The van der Waals surface area contributed by atoms with Crippen molar-refractivity contribution in [2.24, 2.45) is 0 Å². The number of benzene rings is 1. The fraction of sp³-hybridized carbons (Fsp3) is 0.556. The van der Waals surface area contributed by atoms with Crippen LogP contribution < -0.4 is 10.1 Å². The Labute approximate surface area is 128 Å². The molecule has 3 nitrogen and oxygen atoms in total. The van der Waals surface area contributed by atoms with Gasteiger partial charge in [0.25, 0.3) is 0 Å². The maximum Gasteiger partial charge on any atom is 0.122 e. The molecule has 1 aromatic carbocycles. The highest BCUT2D eigenvalue weighted by atomic mass is 16.5. The van der Waals surface area contributed by atoms with Crippen LogP contribution in [0.3, 0.4) is 0 Å². The summed E-state index contributed by atoms with van der Waals surface area (Å²) in [6, 6.07) is 7.25. The summed E-state index contributed by atoms with van der Waals surface area (Å²) in [7, 11) is 0. The zero-order valence-corrected chi connectivity index (χ0v) is 13.0. The van der Waals surface area contributed by atoms with Crippen LogP contribution in [0.5, 0.6) is 5.75 Å². The Balaban J connectivity index is 1.45. The molecular formula is C18H26N2O. The average molecular weight is 286 g/mol. The summed E-state index contributed by atoms with van der Waals surface area (Å²) < 4.78 is 5.56. The van der Waals surface area contributed by atoms with Crippen molar-refractivity contribution in [3.63, 3.8) is 0 Å². The fourth-order valence-corrected chi connectivity index (χ4v) is 3.29. The van der Waals surface area contributed by atoms with Crippen LogP contribution in [0.4, 0.5) is 0 Å². The minimum Gasteiger partial charge on any atom is -0.493 e. The van der Waals surface area contributed by atoms with E-state index in [4.69, 9.17) is 4.74 Å². The summed E-state index contributed by atoms with van der Waals surface area (Å²) in [5.74, 6) is 1.08. The lowest BCUT2D eigenvalue weighted by molar-refractivity contribution is 0.211. The molecule has 0 amide bonds. The van der Waals surface area contributed by atoms with Crippen LogP contribution in [0.15, 0.2) is 30.4 Å². The maximum absolute atomic E-state index is 5.56. The molecule has 0 aromatic heterocycles. The Kier molecular flexibility index (Phi) is 4.61. The molecule has 1 fully saturated rings. The van der Waals surface area contributed by atoms with Gasteiger partial charge in [0.15, 0.2) is 0 Å². The van der Waals surface area contributed by atoms with Crippen molar-refractivity contribution in [1.82, 2.24) is 10.2 Å². The zero-order chi connectivity index (χ0) is 14.7. The summed E-state index contributed by atoms with van der Waals surface area (Å²) in [4.78, 5) is 2.51. The molecule has 1 aromatic rings. The smallest absolute Gasteiger partial charge is 0.122 e. The van der Waals surface area contributed by atoms with E-state index in [1.165, 1.54) is 42.6 Å². The fourth-order valence-electron chi connectivity index (χ4n) is 3.29. The topological polar surface area (TPSA) is 24.5 Å². The van der Waals surface area contributed by atoms with Gasteiger partial charge in [0.2, 0.25) is 0 Å². The van der Waals surface area contributed by atoms with Crippen LogP contribution in [0, 0.1) is 0 Å². The highest BCUT2D eigenvalue weighted by Gasteiger charge is 2.19. The molecule has 0 bridgehead atoms. The van der Waals surface area contributed by atoms with Crippen molar-refractivity contribution in [2.45, 2.75) is 38.8 Å². The quantitative estimate of drug-likeness (QED) is 0.842. The lowest BCUT2D eigenvalue weighted by atomic mass is 10.0. The lowest BCUT2D eigenvalue weighted by Gasteiger charge is -2.32. The van der Waals surface area contributed by atoms with Crippen LogP contribution in [-0.2, 0) is 13.0 Å². The second-order valence-electron chi connectivity index (χ2n) is 6.43. The molecule has 3 rings (SSSR count). The molecule has 0 aliphatic carbocycles. The van der Waals surface area contributed by atoms with Crippen molar-refractivity contribution >= 4 is 0 Å². The van der Waals surface area contributed by atoms with E-state index < -0.39 is 0 Å². The average Bonchev–Trinajstić information content (AvgIpc) is 2.93. The van der Waals surface area contributed by atoms with E-state index in [2.05, 4.69) is 41.9 Å². The number of rotatable bonds is 5. The number of fused-ring (bicyclic) bond motifs is 1. The van der Waals surface area contributed by atoms with Gasteiger partial charge in [-0.2, -0.15) is 0 Å². The van der Waals surface area contributed by atoms with Crippen molar-refractivity contribution in [3.05, 3.63) is 41.5 Å².